The van der Waals surface area contributed by atoms with E-state index in [0.717, 1.165) is 30.0 Å². The summed E-state index contributed by atoms with van der Waals surface area (Å²) in [6.45, 7) is 6.86. The van der Waals surface area contributed by atoms with E-state index in [1.807, 2.05) is 67.3 Å². The number of piperazine rings is 1. The quantitative estimate of drug-likeness (QED) is 0.919. The molecule has 0 bridgehead atoms. The Morgan fingerprint density at radius 2 is 1.62 bits per heavy atom. The Kier molecular flexibility index (Phi) is 5.56. The number of rotatable bonds is 4. The number of nitrogens with one attached hydrogen (secondary N) is 1. The largest absolute Gasteiger partial charge is 0.366 e. The van der Waals surface area contributed by atoms with Crippen molar-refractivity contribution in [2.24, 2.45) is 0 Å². The number of hydrogen-bond acceptors (Lipinski definition) is 3. The smallest absolute Gasteiger partial charge is 0.255 e. The first-order valence-electron chi connectivity index (χ1n) is 9.08. The molecule has 0 aliphatic carbocycles. The lowest BCUT2D eigenvalue weighted by atomic mass is 10.1. The summed E-state index contributed by atoms with van der Waals surface area (Å²) < 4.78 is 0. The Morgan fingerprint density at radius 3 is 2.27 bits per heavy atom. The highest BCUT2D eigenvalue weighted by Crippen LogP contribution is 2.27. The van der Waals surface area contributed by atoms with Crippen molar-refractivity contribution < 1.29 is 9.59 Å². The monoisotopic (exact) mass is 351 g/mol. The molecule has 0 spiro atoms. The number of amides is 2. The predicted molar refractivity (Wildman–Crippen MR) is 105 cm³/mol. The van der Waals surface area contributed by atoms with Gasteiger partial charge in [-0.1, -0.05) is 36.8 Å². The fourth-order valence-electron chi connectivity index (χ4n) is 3.17. The van der Waals surface area contributed by atoms with Crippen molar-refractivity contribution in [2.45, 2.75) is 20.3 Å². The first-order valence-corrected chi connectivity index (χ1v) is 9.08. The van der Waals surface area contributed by atoms with Crippen molar-refractivity contribution in [1.29, 1.82) is 0 Å². The van der Waals surface area contributed by atoms with E-state index < -0.39 is 0 Å². The van der Waals surface area contributed by atoms with Crippen molar-refractivity contribution in [3.05, 3.63) is 59.7 Å². The molecule has 1 aliphatic rings. The number of nitrogens with zero attached hydrogens (tertiary/aromatic N) is 2. The Labute approximate surface area is 154 Å². The second-order valence-electron chi connectivity index (χ2n) is 6.56. The highest BCUT2D eigenvalue weighted by molar-refractivity contribution is 6.06. The van der Waals surface area contributed by atoms with Crippen LogP contribution in [0.3, 0.4) is 0 Å². The minimum absolute atomic E-state index is 0.114. The zero-order valence-electron chi connectivity index (χ0n) is 15.4. The van der Waals surface area contributed by atoms with Crippen LogP contribution in [0.2, 0.25) is 0 Å². The molecule has 0 saturated carbocycles. The lowest BCUT2D eigenvalue weighted by Gasteiger charge is -2.36. The Bertz CT molecular complexity index is 778. The summed E-state index contributed by atoms with van der Waals surface area (Å²) in [5, 5.41) is 3.03. The van der Waals surface area contributed by atoms with Crippen LogP contribution in [0.4, 0.5) is 11.4 Å². The molecule has 0 aromatic heterocycles. The van der Waals surface area contributed by atoms with Gasteiger partial charge in [-0.3, -0.25) is 9.59 Å². The SMILES string of the molecule is CCC(=O)N1CCN(c2ccccc2NC(=O)c2ccc(C)cc2)CC1. The molecule has 2 aromatic rings. The Morgan fingerprint density at radius 1 is 0.962 bits per heavy atom. The normalized spacial score (nSPS) is 14.2. The van der Waals surface area contributed by atoms with Gasteiger partial charge in [0.1, 0.15) is 0 Å². The Balaban J connectivity index is 1.72. The average Bonchev–Trinajstić information content (AvgIpc) is 2.68. The van der Waals surface area contributed by atoms with Crippen LogP contribution in [-0.4, -0.2) is 42.9 Å². The van der Waals surface area contributed by atoms with Gasteiger partial charge in [-0.05, 0) is 31.2 Å². The fourth-order valence-corrected chi connectivity index (χ4v) is 3.17. The highest BCUT2D eigenvalue weighted by Gasteiger charge is 2.22. The van der Waals surface area contributed by atoms with E-state index in [1.165, 1.54) is 0 Å². The lowest BCUT2D eigenvalue weighted by molar-refractivity contribution is -0.131. The van der Waals surface area contributed by atoms with Gasteiger partial charge in [0, 0.05) is 38.2 Å². The molecule has 5 heteroatoms. The van der Waals surface area contributed by atoms with Crippen LogP contribution in [0.5, 0.6) is 0 Å². The van der Waals surface area contributed by atoms with E-state index >= 15 is 0 Å². The summed E-state index contributed by atoms with van der Waals surface area (Å²) in [6, 6.07) is 15.4. The van der Waals surface area contributed by atoms with Crippen molar-refractivity contribution in [2.75, 3.05) is 36.4 Å². The third kappa shape index (κ3) is 4.04. The molecular weight excluding hydrogens is 326 g/mol. The molecule has 0 unspecified atom stereocenters. The molecule has 1 saturated heterocycles. The van der Waals surface area contributed by atoms with Crippen molar-refractivity contribution in [1.82, 2.24) is 4.90 Å². The Hall–Kier alpha value is -2.82. The number of aryl methyl sites for hydroxylation is 1. The zero-order chi connectivity index (χ0) is 18.5. The van der Waals surface area contributed by atoms with E-state index in [4.69, 9.17) is 0 Å². The summed E-state index contributed by atoms with van der Waals surface area (Å²) in [5.41, 5.74) is 3.56. The molecular formula is C21H25N3O2. The van der Waals surface area contributed by atoms with Gasteiger partial charge in [0.2, 0.25) is 5.91 Å². The second-order valence-corrected chi connectivity index (χ2v) is 6.56. The van der Waals surface area contributed by atoms with Crippen LogP contribution in [0.15, 0.2) is 48.5 Å². The standard InChI is InChI=1S/C21H25N3O2/c1-3-20(25)24-14-12-23(13-15-24)19-7-5-4-6-18(19)22-21(26)17-10-8-16(2)9-11-17/h4-11H,3,12-15H2,1-2H3,(H,22,26). The third-order valence-electron chi connectivity index (χ3n) is 4.74. The van der Waals surface area contributed by atoms with Crippen LogP contribution in [-0.2, 0) is 4.79 Å². The molecule has 1 N–H and O–H groups in total. The van der Waals surface area contributed by atoms with Crippen LogP contribution < -0.4 is 10.2 Å². The first kappa shape index (κ1) is 18.0. The minimum atomic E-state index is -0.114. The topological polar surface area (TPSA) is 52.7 Å². The highest BCUT2D eigenvalue weighted by atomic mass is 16.2. The van der Waals surface area contributed by atoms with Crippen molar-refractivity contribution in [3.8, 4) is 0 Å². The number of anilines is 2. The van der Waals surface area contributed by atoms with E-state index in [1.54, 1.807) is 0 Å². The number of para-hydroxylation sites is 2. The second kappa shape index (κ2) is 8.04. The molecule has 1 aliphatic heterocycles. The zero-order valence-corrected chi connectivity index (χ0v) is 15.4. The van der Waals surface area contributed by atoms with Crippen molar-refractivity contribution in [3.63, 3.8) is 0 Å². The average molecular weight is 351 g/mol. The number of benzene rings is 2. The summed E-state index contributed by atoms with van der Waals surface area (Å²) >= 11 is 0. The summed E-state index contributed by atoms with van der Waals surface area (Å²) in [6.07, 6.45) is 0.545. The molecule has 0 radical (unpaired) electrons. The molecule has 5 nitrogen and oxygen atoms in total. The van der Waals surface area contributed by atoms with Crippen LogP contribution in [0.25, 0.3) is 0 Å². The lowest BCUT2D eigenvalue weighted by Crippen LogP contribution is -2.48. The molecule has 1 heterocycles. The molecule has 0 atom stereocenters. The van der Waals surface area contributed by atoms with Crippen molar-refractivity contribution >= 4 is 23.2 Å². The maximum Gasteiger partial charge on any atom is 0.255 e. The molecule has 1 fully saturated rings. The number of hydrogen-bond donors (Lipinski definition) is 1. The molecule has 2 amide bonds. The van der Waals surface area contributed by atoms with Crippen LogP contribution in [0.1, 0.15) is 29.3 Å². The van der Waals surface area contributed by atoms with E-state index in [-0.39, 0.29) is 11.8 Å². The maximum absolute atomic E-state index is 12.6. The molecule has 136 valence electrons. The van der Waals surface area contributed by atoms with Gasteiger partial charge in [-0.2, -0.15) is 0 Å². The molecule has 2 aromatic carbocycles. The van der Waals surface area contributed by atoms with Crippen LogP contribution in [0, 0.1) is 6.92 Å². The summed E-state index contributed by atoms with van der Waals surface area (Å²) in [7, 11) is 0. The summed E-state index contributed by atoms with van der Waals surface area (Å²) in [5.74, 6) is 0.0860. The predicted octanol–water partition coefficient (Wildman–Crippen LogP) is 3.31. The van der Waals surface area contributed by atoms with E-state index in [0.29, 0.717) is 25.1 Å². The van der Waals surface area contributed by atoms with E-state index in [2.05, 4.69) is 10.2 Å². The van der Waals surface area contributed by atoms with Gasteiger partial charge < -0.3 is 15.1 Å². The number of carbonyl (C=O) groups excluding carboxylic acids is 2. The van der Waals surface area contributed by atoms with Crippen LogP contribution >= 0.6 is 0 Å². The molecule has 26 heavy (non-hydrogen) atoms. The van der Waals surface area contributed by atoms with Gasteiger partial charge in [-0.25, -0.2) is 0 Å². The molecule has 3 rings (SSSR count). The first-order chi connectivity index (χ1) is 12.6. The minimum Gasteiger partial charge on any atom is -0.366 e. The number of carbonyl (C=O) groups is 2. The van der Waals surface area contributed by atoms with Gasteiger partial charge in [-0.15, -0.1) is 0 Å². The van der Waals surface area contributed by atoms with Gasteiger partial charge in [0.25, 0.3) is 5.91 Å². The summed E-state index contributed by atoms with van der Waals surface area (Å²) in [4.78, 5) is 28.5. The third-order valence-corrected chi connectivity index (χ3v) is 4.74. The van der Waals surface area contributed by atoms with Gasteiger partial charge in [0.05, 0.1) is 11.4 Å². The van der Waals surface area contributed by atoms with E-state index in [9.17, 15) is 9.59 Å². The fraction of sp³-hybridized carbons (Fsp3) is 0.333. The maximum atomic E-state index is 12.6. The van der Waals surface area contributed by atoms with Gasteiger partial charge in [0.15, 0.2) is 0 Å². The van der Waals surface area contributed by atoms with Gasteiger partial charge >= 0.3 is 0 Å².